The molecule has 1 atom stereocenters. The van der Waals surface area contributed by atoms with E-state index < -0.39 is 0 Å². The Balaban J connectivity index is 1.75. The highest BCUT2D eigenvalue weighted by Gasteiger charge is 2.28. The van der Waals surface area contributed by atoms with Crippen LogP contribution in [0.3, 0.4) is 0 Å². The second kappa shape index (κ2) is 3.87. The van der Waals surface area contributed by atoms with Gasteiger partial charge in [-0.25, -0.2) is 9.97 Å². The number of nitrogen functional groups attached to an aromatic ring is 1. The summed E-state index contributed by atoms with van der Waals surface area (Å²) in [5, 5.41) is 6.00. The molecule has 1 saturated heterocycles. The predicted molar refractivity (Wildman–Crippen MR) is 63.5 cm³/mol. The summed E-state index contributed by atoms with van der Waals surface area (Å²) >= 11 is 0. The lowest BCUT2D eigenvalue weighted by atomic mass is 10.2. The van der Waals surface area contributed by atoms with E-state index in [0.717, 1.165) is 24.5 Å². The molecule has 1 aliphatic heterocycles. The van der Waals surface area contributed by atoms with Crippen LogP contribution in [0, 0.1) is 0 Å². The van der Waals surface area contributed by atoms with Crippen molar-refractivity contribution in [3.8, 4) is 0 Å². The zero-order valence-electron chi connectivity index (χ0n) is 9.44. The third kappa shape index (κ3) is 2.30. The Morgan fingerprint density at radius 1 is 1.41 bits per heavy atom. The van der Waals surface area contributed by atoms with Crippen LogP contribution >= 0.6 is 0 Å². The van der Waals surface area contributed by atoms with Crippen LogP contribution in [0.15, 0.2) is 6.07 Å². The van der Waals surface area contributed by atoms with Gasteiger partial charge in [-0.1, -0.05) is 0 Å². The SMILES string of the molecule is Nc1cc(NC2CNC(=O)C2)nc(C2CC2)n1. The van der Waals surface area contributed by atoms with Crippen molar-refractivity contribution in [2.45, 2.75) is 31.2 Å². The molecular weight excluding hydrogens is 218 g/mol. The summed E-state index contributed by atoms with van der Waals surface area (Å²) < 4.78 is 0. The Labute approximate surface area is 99.0 Å². The van der Waals surface area contributed by atoms with Crippen molar-refractivity contribution < 1.29 is 4.79 Å². The van der Waals surface area contributed by atoms with Crippen molar-refractivity contribution in [2.24, 2.45) is 0 Å². The minimum Gasteiger partial charge on any atom is -0.384 e. The Morgan fingerprint density at radius 3 is 2.88 bits per heavy atom. The molecule has 6 nitrogen and oxygen atoms in total. The van der Waals surface area contributed by atoms with Crippen LogP contribution in [0.25, 0.3) is 0 Å². The number of nitrogens with two attached hydrogens (primary N) is 1. The maximum atomic E-state index is 11.1. The third-order valence-electron chi connectivity index (χ3n) is 3.04. The fourth-order valence-corrected chi connectivity index (χ4v) is 2.00. The van der Waals surface area contributed by atoms with Crippen LogP contribution in [0.5, 0.6) is 0 Å². The molecule has 4 N–H and O–H groups in total. The van der Waals surface area contributed by atoms with Crippen molar-refractivity contribution in [1.29, 1.82) is 0 Å². The minimum absolute atomic E-state index is 0.0759. The molecule has 0 radical (unpaired) electrons. The first-order valence-electron chi connectivity index (χ1n) is 5.88. The summed E-state index contributed by atoms with van der Waals surface area (Å²) in [7, 11) is 0. The van der Waals surface area contributed by atoms with Crippen LogP contribution in [0.1, 0.15) is 31.0 Å². The number of carbonyl (C=O) groups excluding carboxylic acids is 1. The van der Waals surface area contributed by atoms with Crippen LogP contribution in [-0.4, -0.2) is 28.5 Å². The Bertz CT molecular complexity index is 457. The molecule has 1 aliphatic carbocycles. The molecule has 1 saturated carbocycles. The average Bonchev–Trinajstić information content (AvgIpc) is 3.03. The number of nitrogens with one attached hydrogen (secondary N) is 2. The highest BCUT2D eigenvalue weighted by molar-refractivity contribution is 5.79. The van der Waals surface area contributed by atoms with Crippen molar-refractivity contribution in [3.05, 3.63) is 11.9 Å². The second-order valence-corrected chi connectivity index (χ2v) is 4.66. The Morgan fingerprint density at radius 2 is 2.24 bits per heavy atom. The lowest BCUT2D eigenvalue weighted by Crippen LogP contribution is -2.23. The molecule has 0 aromatic carbocycles. The van der Waals surface area contributed by atoms with Gasteiger partial charge in [0, 0.05) is 24.9 Å². The highest BCUT2D eigenvalue weighted by Crippen LogP contribution is 2.38. The number of hydrogen-bond donors (Lipinski definition) is 3. The topological polar surface area (TPSA) is 92.9 Å². The van der Waals surface area contributed by atoms with Gasteiger partial charge in [0.15, 0.2) is 0 Å². The number of hydrogen-bond acceptors (Lipinski definition) is 5. The van der Waals surface area contributed by atoms with E-state index in [-0.39, 0.29) is 11.9 Å². The van der Waals surface area contributed by atoms with Crippen LogP contribution in [-0.2, 0) is 4.79 Å². The first-order valence-corrected chi connectivity index (χ1v) is 5.88. The summed E-state index contributed by atoms with van der Waals surface area (Å²) in [6, 6.07) is 1.82. The number of nitrogens with zero attached hydrogens (tertiary/aromatic N) is 2. The average molecular weight is 233 g/mol. The highest BCUT2D eigenvalue weighted by atomic mass is 16.1. The van der Waals surface area contributed by atoms with Crippen LogP contribution in [0.2, 0.25) is 0 Å². The van der Waals surface area contributed by atoms with Gasteiger partial charge in [0.05, 0.1) is 6.04 Å². The van der Waals surface area contributed by atoms with Crippen LogP contribution in [0.4, 0.5) is 11.6 Å². The molecule has 1 aromatic rings. The molecule has 1 aromatic heterocycles. The third-order valence-corrected chi connectivity index (χ3v) is 3.04. The van der Waals surface area contributed by atoms with E-state index in [1.54, 1.807) is 6.07 Å². The zero-order chi connectivity index (χ0) is 11.8. The van der Waals surface area contributed by atoms with Gasteiger partial charge in [-0.2, -0.15) is 0 Å². The number of anilines is 2. The van der Waals surface area contributed by atoms with Crippen molar-refractivity contribution in [1.82, 2.24) is 15.3 Å². The van der Waals surface area contributed by atoms with Gasteiger partial charge >= 0.3 is 0 Å². The van der Waals surface area contributed by atoms with E-state index in [1.165, 1.54) is 0 Å². The maximum absolute atomic E-state index is 11.1. The van der Waals surface area contributed by atoms with Gasteiger partial charge in [-0.05, 0) is 12.8 Å². The quantitative estimate of drug-likeness (QED) is 0.695. The van der Waals surface area contributed by atoms with E-state index in [9.17, 15) is 4.79 Å². The fourth-order valence-electron chi connectivity index (χ4n) is 2.00. The van der Waals surface area contributed by atoms with E-state index in [2.05, 4.69) is 20.6 Å². The molecule has 1 unspecified atom stereocenters. The summed E-state index contributed by atoms with van der Waals surface area (Å²) in [5.74, 6) is 2.58. The molecule has 3 rings (SSSR count). The number of carbonyl (C=O) groups is 1. The lowest BCUT2D eigenvalue weighted by Gasteiger charge is -2.12. The molecule has 0 bridgehead atoms. The smallest absolute Gasteiger partial charge is 0.222 e. The van der Waals surface area contributed by atoms with Gasteiger partial charge in [0.25, 0.3) is 0 Å². The number of rotatable bonds is 3. The van der Waals surface area contributed by atoms with E-state index >= 15 is 0 Å². The Kier molecular flexibility index (Phi) is 2.35. The number of aromatic nitrogens is 2. The molecule has 2 fully saturated rings. The summed E-state index contributed by atoms with van der Waals surface area (Å²) in [6.45, 7) is 0.640. The molecule has 0 spiro atoms. The Hall–Kier alpha value is -1.85. The van der Waals surface area contributed by atoms with Crippen LogP contribution < -0.4 is 16.4 Å². The molecule has 6 heteroatoms. The van der Waals surface area contributed by atoms with Gasteiger partial charge in [0.2, 0.25) is 5.91 Å². The van der Waals surface area contributed by atoms with Gasteiger partial charge in [-0.15, -0.1) is 0 Å². The van der Waals surface area contributed by atoms with E-state index in [4.69, 9.17) is 5.73 Å². The van der Waals surface area contributed by atoms with Crippen molar-refractivity contribution in [2.75, 3.05) is 17.6 Å². The minimum atomic E-state index is 0.0759. The summed E-state index contributed by atoms with van der Waals surface area (Å²) in [6.07, 6.45) is 2.78. The van der Waals surface area contributed by atoms with Gasteiger partial charge < -0.3 is 16.4 Å². The van der Waals surface area contributed by atoms with E-state index in [1.807, 2.05) is 0 Å². The molecule has 2 heterocycles. The van der Waals surface area contributed by atoms with Crippen molar-refractivity contribution in [3.63, 3.8) is 0 Å². The lowest BCUT2D eigenvalue weighted by molar-refractivity contribution is -0.119. The standard InChI is InChI=1S/C11H15N5O/c12-8-4-9(14-7-3-10(17)13-5-7)16-11(15-8)6-1-2-6/h4,6-7H,1-3,5H2,(H,13,17)(H3,12,14,15,16). The first-order chi connectivity index (χ1) is 8.20. The second-order valence-electron chi connectivity index (χ2n) is 4.66. The maximum Gasteiger partial charge on any atom is 0.222 e. The van der Waals surface area contributed by atoms with Crippen molar-refractivity contribution >= 4 is 17.5 Å². The van der Waals surface area contributed by atoms with Gasteiger partial charge in [-0.3, -0.25) is 4.79 Å². The molecule has 17 heavy (non-hydrogen) atoms. The monoisotopic (exact) mass is 233 g/mol. The summed E-state index contributed by atoms with van der Waals surface area (Å²) in [4.78, 5) is 19.8. The predicted octanol–water partition coefficient (Wildman–Crippen LogP) is 0.237. The molecule has 1 amide bonds. The van der Waals surface area contributed by atoms with Gasteiger partial charge in [0.1, 0.15) is 17.5 Å². The first kappa shape index (κ1) is 10.3. The number of amides is 1. The zero-order valence-corrected chi connectivity index (χ0v) is 9.44. The fraction of sp³-hybridized carbons (Fsp3) is 0.545. The largest absolute Gasteiger partial charge is 0.384 e. The van der Waals surface area contributed by atoms with E-state index in [0.29, 0.717) is 24.7 Å². The summed E-state index contributed by atoms with van der Waals surface area (Å²) in [5.41, 5.74) is 5.75. The molecule has 90 valence electrons. The molecular formula is C11H15N5O. The normalized spacial score (nSPS) is 23.5. The molecule has 2 aliphatic rings.